The van der Waals surface area contributed by atoms with E-state index in [4.69, 9.17) is 81.5 Å². The molecule has 40 atom stereocenters. The number of carbonyl (C=O) groups is 6. The molecule has 0 aromatic carbocycles. The number of aliphatic hydroxyl groups excluding tert-OH is 22. The second-order valence-corrected chi connectivity index (χ2v) is 26.2. The van der Waals surface area contributed by atoms with E-state index in [-0.39, 0.29) is 51.0 Å². The van der Waals surface area contributed by atoms with Gasteiger partial charge < -0.3 is 225 Å². The van der Waals surface area contributed by atoms with Gasteiger partial charge in [0.25, 0.3) is 0 Å². The lowest BCUT2D eigenvalue weighted by Gasteiger charge is -2.48. The van der Waals surface area contributed by atoms with Crippen LogP contribution in [0.2, 0.25) is 0 Å². The van der Waals surface area contributed by atoms with Gasteiger partial charge in [-0.05, 0) is 12.8 Å². The first kappa shape index (κ1) is 92.4. The monoisotopic (exact) mass is 1620 g/mol. The molecule has 8 aliphatic rings. The van der Waals surface area contributed by atoms with Crippen molar-refractivity contribution in [1.82, 2.24) is 10.6 Å². The maximum atomic E-state index is 12.1. The predicted octanol–water partition coefficient (Wildman–Crippen LogP) is -18.7. The Balaban J connectivity index is 0.000000311. The fourth-order valence-corrected chi connectivity index (χ4v) is 12.6. The molecule has 0 bridgehead atoms. The highest BCUT2D eigenvalue weighted by Crippen LogP contribution is 2.38. The normalized spacial score (nSPS) is 45.2. The van der Waals surface area contributed by atoms with Crippen molar-refractivity contribution in [3.63, 3.8) is 0 Å². The van der Waals surface area contributed by atoms with Crippen LogP contribution in [0.15, 0.2) is 0 Å². The lowest BCUT2D eigenvalue weighted by molar-refractivity contribution is -0.385. The van der Waals surface area contributed by atoms with E-state index in [0.717, 1.165) is 0 Å². The molecule has 0 spiro atoms. The van der Waals surface area contributed by atoms with Crippen LogP contribution in [0.1, 0.15) is 25.7 Å². The molecule has 8 aliphatic heterocycles. The number of amides is 2. The number of carboxylic acid groups (broad SMARTS) is 4. The van der Waals surface area contributed by atoms with E-state index in [2.05, 4.69) is 10.6 Å². The van der Waals surface area contributed by atoms with Crippen LogP contribution in [0.3, 0.4) is 0 Å². The van der Waals surface area contributed by atoms with Gasteiger partial charge >= 0.3 is 23.9 Å². The Morgan fingerprint density at radius 2 is 0.564 bits per heavy atom. The van der Waals surface area contributed by atoms with Gasteiger partial charge in [0.05, 0.1) is 39.6 Å². The molecule has 2 amide bonds. The zero-order chi connectivity index (χ0) is 81.8. The van der Waals surface area contributed by atoms with Crippen LogP contribution in [0.25, 0.3) is 0 Å². The summed E-state index contributed by atoms with van der Waals surface area (Å²) in [4.78, 5) is 70.4. The van der Waals surface area contributed by atoms with Gasteiger partial charge in [-0.2, -0.15) is 0 Å². The summed E-state index contributed by atoms with van der Waals surface area (Å²) in [6.07, 6.45) is -79.1. The van der Waals surface area contributed by atoms with Gasteiger partial charge in [-0.15, -0.1) is 0 Å². The van der Waals surface area contributed by atoms with Crippen LogP contribution in [-0.4, -0.2) is 474 Å². The topological polar surface area (TPSA) is 826 Å². The highest BCUT2D eigenvalue weighted by Gasteiger charge is 2.60. The van der Waals surface area contributed by atoms with Gasteiger partial charge in [-0.3, -0.25) is 9.59 Å². The Morgan fingerprint density at radius 1 is 0.309 bits per heavy atom. The van der Waals surface area contributed by atoms with Crippen molar-refractivity contribution in [3.05, 3.63) is 0 Å². The molecule has 110 heavy (non-hydrogen) atoms. The zero-order valence-corrected chi connectivity index (χ0v) is 57.8. The molecule has 0 radical (unpaired) electrons. The van der Waals surface area contributed by atoms with Crippen molar-refractivity contribution >= 4 is 35.7 Å². The first-order valence-corrected chi connectivity index (χ1v) is 34.1. The summed E-state index contributed by atoms with van der Waals surface area (Å²) < 4.78 is 85.9. The number of nitrogens with two attached hydrogens (primary N) is 1. The van der Waals surface area contributed by atoms with Crippen LogP contribution >= 0.6 is 0 Å². The average molecular weight is 1620 g/mol. The molecule has 40 unspecified atom stereocenters. The minimum atomic E-state index is -2.29. The lowest BCUT2D eigenvalue weighted by atomic mass is 9.95. The lowest BCUT2D eigenvalue weighted by Crippen LogP contribution is -2.68. The predicted molar refractivity (Wildman–Crippen MR) is 332 cm³/mol. The van der Waals surface area contributed by atoms with Crippen molar-refractivity contribution in [1.29, 1.82) is 0 Å². The minimum absolute atomic E-state index is 0.0123. The molecule has 51 heteroatoms. The molecule has 0 saturated carbocycles. The van der Waals surface area contributed by atoms with Crippen molar-refractivity contribution in [2.75, 3.05) is 59.8 Å². The third-order valence-corrected chi connectivity index (χ3v) is 18.7. The van der Waals surface area contributed by atoms with Gasteiger partial charge in [-0.1, -0.05) is 0 Å². The molecule has 51 nitrogen and oxygen atoms in total. The number of aliphatic carboxylic acids is 4. The third kappa shape index (κ3) is 21.7. The molecule has 0 aromatic rings. The number of carbonyl (C=O) groups excluding carboxylic acids is 2. The van der Waals surface area contributed by atoms with E-state index in [1.807, 2.05) is 0 Å². The quantitative estimate of drug-likeness (QED) is 0.0278. The molecule has 8 heterocycles. The van der Waals surface area contributed by atoms with Gasteiger partial charge in [0.1, 0.15) is 171 Å². The van der Waals surface area contributed by atoms with Crippen LogP contribution in [-0.2, 0) is 105 Å². The Labute approximate surface area is 619 Å². The van der Waals surface area contributed by atoms with E-state index >= 15 is 0 Å². The van der Waals surface area contributed by atoms with Crippen molar-refractivity contribution in [2.45, 2.75) is 271 Å². The fraction of sp³-hybridized carbons (Fsp3) is 0.898. The number of hydrogen-bond acceptors (Lipinski definition) is 45. The number of unbranched alkanes of at least 4 members (excludes halogenated alkanes) is 1. The van der Waals surface area contributed by atoms with E-state index in [1.54, 1.807) is 0 Å². The largest absolute Gasteiger partial charge is 0.479 e. The summed E-state index contributed by atoms with van der Waals surface area (Å²) >= 11 is 0. The summed E-state index contributed by atoms with van der Waals surface area (Å²) in [5, 5.41) is 274. The van der Waals surface area contributed by atoms with Crippen LogP contribution in [0.4, 0.5) is 0 Å². The molecule has 8 rings (SSSR count). The maximum absolute atomic E-state index is 12.1. The van der Waals surface area contributed by atoms with Crippen LogP contribution in [0.5, 0.6) is 0 Å². The molecule has 8 saturated heterocycles. The number of rotatable bonds is 32. The summed E-state index contributed by atoms with van der Waals surface area (Å²) in [6.45, 7) is -4.26. The molecule has 30 N–H and O–H groups in total. The fourth-order valence-electron chi connectivity index (χ4n) is 12.6. The molecule has 8 fully saturated rings. The summed E-state index contributed by atoms with van der Waals surface area (Å²) in [5.74, 6) is -7.69. The Morgan fingerprint density at radius 3 is 0.864 bits per heavy atom. The third-order valence-electron chi connectivity index (χ3n) is 18.7. The maximum Gasteiger partial charge on any atom is 0.335 e. The smallest absolute Gasteiger partial charge is 0.335 e. The van der Waals surface area contributed by atoms with E-state index in [0.29, 0.717) is 12.8 Å². The number of ether oxygens (including phenoxy) is 16. The second-order valence-electron chi connectivity index (χ2n) is 26.2. The molecule has 0 aliphatic carbocycles. The molecule has 636 valence electrons. The number of carboxylic acids is 4. The van der Waals surface area contributed by atoms with Crippen LogP contribution < -0.4 is 16.4 Å². The summed E-state index contributed by atoms with van der Waals surface area (Å²) in [6, 6.07) is 0. The van der Waals surface area contributed by atoms with Crippen molar-refractivity contribution in [2.24, 2.45) is 5.73 Å². The Hall–Kier alpha value is -4.74. The van der Waals surface area contributed by atoms with Crippen LogP contribution in [0, 0.1) is 0 Å². The standard InChI is InChI=1S/C33H54N2O25.C26H43NO23/c1-34-12(38)4-2-3-5-13(39)35-6-7-53-30-19(45)16(42)23(10(8-36)54-30)57-33-22(48)25(21(47)27(60-33)29(51)52)58-31-20(46)17(43)24(11(9-37)55-31)56-32-18(44)14(40)15(41)26(59-32)28(49)50;27-1-2-43-23-12(35)9(32)16(5(3-28)44-23)47-26-15(38)18(14(37)20(50-26)22(41)42)48-24-13(36)10(33)17(6(4-29)45-24)46-25-11(34)7(30)8(31)19(49-25)21(39)40/h10-11,14-27,30-33,36-37,40-48H,2-9H2,1H3,(H,34,38)(H,35,39)(H,49,50)(H,51,52);5-20,23-26,28-38H,1-4,27H2,(H,39,40)(H,41,42). The van der Waals surface area contributed by atoms with E-state index in [9.17, 15) is 162 Å². The molecular formula is C59H97N3O48. The average Bonchev–Trinajstić information content (AvgIpc) is 0.776. The van der Waals surface area contributed by atoms with E-state index in [1.165, 1.54) is 7.05 Å². The van der Waals surface area contributed by atoms with Gasteiger partial charge in [0.2, 0.25) is 11.8 Å². The minimum Gasteiger partial charge on any atom is -0.479 e. The van der Waals surface area contributed by atoms with E-state index < -0.39 is 296 Å². The van der Waals surface area contributed by atoms with Crippen molar-refractivity contribution < 1.29 is 237 Å². The first-order chi connectivity index (χ1) is 51.9. The number of nitrogens with one attached hydrogen (secondary N) is 2. The number of aliphatic hydroxyl groups is 22. The summed E-state index contributed by atoms with van der Waals surface area (Å²) in [7, 11) is 1.50. The first-order valence-electron chi connectivity index (χ1n) is 34.1. The summed E-state index contributed by atoms with van der Waals surface area (Å²) in [5.41, 5.74) is 5.36. The van der Waals surface area contributed by atoms with Crippen molar-refractivity contribution in [3.8, 4) is 0 Å². The second kappa shape index (κ2) is 41.7. The Kier molecular flexibility index (Phi) is 35.0. The Bertz CT molecular complexity index is 2900. The highest BCUT2D eigenvalue weighted by molar-refractivity contribution is 5.77. The highest BCUT2D eigenvalue weighted by atomic mass is 16.8. The SMILES string of the molecule is CNC(=O)CCCCC(=O)NCCOC1OC(CO)C(OC2OC(C(=O)O)C(O)C(OC3OC(CO)C(OC4OC(C(=O)O)C(O)C(O)C4O)C(O)C3O)C2O)C(O)C1O.NCCOC1OC(CO)C(OC2OC(C(=O)O)C(O)C(OC3OC(CO)C(OC4OC(C(=O)O)C(O)C(O)C4O)C(O)C3O)C2O)C(O)C1O. The van der Waals surface area contributed by atoms with Gasteiger partial charge in [-0.25, -0.2) is 19.2 Å². The van der Waals surface area contributed by atoms with Gasteiger partial charge in [0, 0.05) is 33.0 Å². The molecular weight excluding hydrogens is 1520 g/mol. The van der Waals surface area contributed by atoms with Gasteiger partial charge in [0.15, 0.2) is 74.7 Å². The molecule has 0 aromatic heterocycles. The zero-order valence-electron chi connectivity index (χ0n) is 57.8. The number of hydrogen-bond donors (Lipinski definition) is 29.